The van der Waals surface area contributed by atoms with Crippen molar-refractivity contribution in [1.82, 2.24) is 25.3 Å². The van der Waals surface area contributed by atoms with Crippen LogP contribution in [0.2, 0.25) is 0 Å². The Bertz CT molecular complexity index is 489. The van der Waals surface area contributed by atoms with Crippen molar-refractivity contribution in [3.05, 3.63) is 18.0 Å². The molecule has 3 rings (SSSR count). The lowest BCUT2D eigenvalue weighted by molar-refractivity contribution is -0.122. The normalized spacial score (nSPS) is 25.8. The van der Waals surface area contributed by atoms with Gasteiger partial charge in [-0.05, 0) is 6.07 Å². The zero-order valence-corrected chi connectivity index (χ0v) is 12.2. The minimum atomic E-state index is -0.391. The van der Waals surface area contributed by atoms with Crippen LogP contribution in [0.5, 0.6) is 0 Å². The molecule has 1 fully saturated rings. The molecule has 0 aliphatic carbocycles. The summed E-state index contributed by atoms with van der Waals surface area (Å²) in [6, 6.07) is 2.04. The molecule has 1 aromatic rings. The van der Waals surface area contributed by atoms with E-state index < -0.39 is 6.10 Å². The number of hydrogen-bond donors (Lipinski definition) is 3. The maximum absolute atomic E-state index is 11.9. The first-order chi connectivity index (χ1) is 10.2. The minimum Gasteiger partial charge on any atom is -0.391 e. The standard InChI is InChI=1S/C14H23N5O2/c20-13-9-15-8-11(13)7-14(21)16-3-4-18-5-6-19-12(10-18)1-2-17-19/h1-2,11,13,15,20H,3-10H2,(H,16,21)/t11-,13-/m1/s1. The molecule has 1 amide bonds. The first kappa shape index (κ1) is 14.5. The number of carbonyl (C=O) groups is 1. The molecule has 116 valence electrons. The summed E-state index contributed by atoms with van der Waals surface area (Å²) in [6.45, 7) is 5.60. The molecular formula is C14H23N5O2. The number of carbonyl (C=O) groups excluding carboxylic acids is 1. The highest BCUT2D eigenvalue weighted by Gasteiger charge is 2.26. The SMILES string of the molecule is O=C(C[C@@H]1CNC[C@H]1O)NCCN1CCn2nccc2C1. The Morgan fingerprint density at radius 1 is 1.48 bits per heavy atom. The first-order valence-electron chi connectivity index (χ1n) is 7.61. The van der Waals surface area contributed by atoms with Gasteiger partial charge in [0.2, 0.25) is 5.91 Å². The highest BCUT2D eigenvalue weighted by Crippen LogP contribution is 2.13. The number of aliphatic hydroxyl groups excluding tert-OH is 1. The second-order valence-corrected chi connectivity index (χ2v) is 5.86. The minimum absolute atomic E-state index is 0.0322. The second kappa shape index (κ2) is 6.55. The van der Waals surface area contributed by atoms with Crippen LogP contribution in [-0.2, 0) is 17.9 Å². The van der Waals surface area contributed by atoms with E-state index in [0.717, 1.165) is 32.7 Å². The van der Waals surface area contributed by atoms with Crippen molar-refractivity contribution in [2.24, 2.45) is 5.92 Å². The van der Waals surface area contributed by atoms with Gasteiger partial charge in [-0.2, -0.15) is 5.10 Å². The number of amides is 1. The molecule has 0 unspecified atom stereocenters. The number of aromatic nitrogens is 2. The van der Waals surface area contributed by atoms with Gasteiger partial charge >= 0.3 is 0 Å². The Hall–Kier alpha value is -1.44. The molecule has 7 heteroatoms. The summed E-state index contributed by atoms with van der Waals surface area (Å²) >= 11 is 0. The van der Waals surface area contributed by atoms with Crippen molar-refractivity contribution < 1.29 is 9.90 Å². The van der Waals surface area contributed by atoms with Crippen LogP contribution in [0.1, 0.15) is 12.1 Å². The van der Waals surface area contributed by atoms with Crippen LogP contribution in [0.4, 0.5) is 0 Å². The number of hydrogen-bond acceptors (Lipinski definition) is 5. The van der Waals surface area contributed by atoms with Gasteiger partial charge in [0.25, 0.3) is 0 Å². The van der Waals surface area contributed by atoms with Crippen LogP contribution >= 0.6 is 0 Å². The average Bonchev–Trinajstić information content (AvgIpc) is 3.08. The number of nitrogens with zero attached hydrogens (tertiary/aromatic N) is 3. The van der Waals surface area contributed by atoms with E-state index in [4.69, 9.17) is 0 Å². The third kappa shape index (κ3) is 3.61. The van der Waals surface area contributed by atoms with Gasteiger partial charge in [-0.25, -0.2) is 0 Å². The van der Waals surface area contributed by atoms with E-state index in [1.54, 1.807) is 0 Å². The molecule has 3 N–H and O–H groups in total. The summed E-state index contributed by atoms with van der Waals surface area (Å²) in [5.74, 6) is 0.0825. The Morgan fingerprint density at radius 3 is 3.19 bits per heavy atom. The average molecular weight is 293 g/mol. The Balaban J connectivity index is 1.36. The Morgan fingerprint density at radius 2 is 2.38 bits per heavy atom. The molecule has 0 aromatic carbocycles. The summed E-state index contributed by atoms with van der Waals surface area (Å²) in [5, 5.41) is 20.0. The predicted molar refractivity (Wildman–Crippen MR) is 77.5 cm³/mol. The number of nitrogens with one attached hydrogen (secondary N) is 2. The van der Waals surface area contributed by atoms with Crippen LogP contribution in [0, 0.1) is 5.92 Å². The van der Waals surface area contributed by atoms with Gasteiger partial charge in [0.05, 0.1) is 18.3 Å². The van der Waals surface area contributed by atoms with Crippen LogP contribution in [0.15, 0.2) is 12.3 Å². The number of β-amino-alcohol motifs (C(OH)–C–C–N with tert-alkyl or cyclic N) is 1. The number of fused-ring (bicyclic) bond motifs is 1. The lowest BCUT2D eigenvalue weighted by Gasteiger charge is -2.27. The van der Waals surface area contributed by atoms with E-state index in [1.165, 1.54) is 5.69 Å². The maximum Gasteiger partial charge on any atom is 0.220 e. The van der Waals surface area contributed by atoms with Crippen molar-refractivity contribution in [3.63, 3.8) is 0 Å². The van der Waals surface area contributed by atoms with Crippen LogP contribution in [0.25, 0.3) is 0 Å². The molecule has 0 radical (unpaired) electrons. The molecule has 3 heterocycles. The van der Waals surface area contributed by atoms with Crippen LogP contribution in [-0.4, -0.2) is 64.5 Å². The summed E-state index contributed by atoms with van der Waals surface area (Å²) in [6.07, 6.45) is 1.85. The quantitative estimate of drug-likeness (QED) is 0.634. The van der Waals surface area contributed by atoms with Crippen molar-refractivity contribution in [1.29, 1.82) is 0 Å². The summed E-state index contributed by atoms with van der Waals surface area (Å²) < 4.78 is 2.03. The molecule has 0 spiro atoms. The zero-order chi connectivity index (χ0) is 14.7. The molecular weight excluding hydrogens is 270 g/mol. The first-order valence-corrected chi connectivity index (χ1v) is 7.61. The van der Waals surface area contributed by atoms with Crippen LogP contribution in [0.3, 0.4) is 0 Å². The molecule has 2 atom stereocenters. The van der Waals surface area contributed by atoms with Gasteiger partial charge in [-0.1, -0.05) is 0 Å². The lowest BCUT2D eigenvalue weighted by atomic mass is 10.0. The largest absolute Gasteiger partial charge is 0.391 e. The molecule has 1 saturated heterocycles. The van der Waals surface area contributed by atoms with E-state index in [2.05, 4.69) is 20.6 Å². The molecule has 0 saturated carbocycles. The topological polar surface area (TPSA) is 82.4 Å². The van der Waals surface area contributed by atoms with E-state index in [-0.39, 0.29) is 11.8 Å². The highest BCUT2D eigenvalue weighted by molar-refractivity contribution is 5.76. The molecule has 21 heavy (non-hydrogen) atoms. The maximum atomic E-state index is 11.9. The fraction of sp³-hybridized carbons (Fsp3) is 0.714. The zero-order valence-electron chi connectivity index (χ0n) is 12.2. The second-order valence-electron chi connectivity index (χ2n) is 5.86. The van der Waals surface area contributed by atoms with E-state index in [0.29, 0.717) is 19.5 Å². The number of aliphatic hydroxyl groups is 1. The molecule has 1 aromatic heterocycles. The van der Waals surface area contributed by atoms with Gasteiger partial charge < -0.3 is 15.7 Å². The third-order valence-electron chi connectivity index (χ3n) is 4.32. The van der Waals surface area contributed by atoms with Gasteiger partial charge in [-0.3, -0.25) is 14.4 Å². The Kier molecular flexibility index (Phi) is 4.52. The van der Waals surface area contributed by atoms with Crippen molar-refractivity contribution >= 4 is 5.91 Å². The summed E-state index contributed by atoms with van der Waals surface area (Å²) in [5.41, 5.74) is 1.23. The van der Waals surface area contributed by atoms with Crippen LogP contribution < -0.4 is 10.6 Å². The predicted octanol–water partition coefficient (Wildman–Crippen LogP) is -1.21. The van der Waals surface area contributed by atoms with E-state index in [9.17, 15) is 9.90 Å². The van der Waals surface area contributed by atoms with Crippen molar-refractivity contribution in [2.75, 3.05) is 32.7 Å². The lowest BCUT2D eigenvalue weighted by Crippen LogP contribution is -2.40. The molecule has 0 bridgehead atoms. The van der Waals surface area contributed by atoms with E-state index in [1.807, 2.05) is 16.9 Å². The third-order valence-corrected chi connectivity index (χ3v) is 4.32. The molecule has 7 nitrogen and oxygen atoms in total. The van der Waals surface area contributed by atoms with Gasteiger partial charge in [-0.15, -0.1) is 0 Å². The molecule has 2 aliphatic heterocycles. The Labute approximate surface area is 124 Å². The smallest absolute Gasteiger partial charge is 0.220 e. The molecule has 2 aliphatic rings. The van der Waals surface area contributed by atoms with E-state index >= 15 is 0 Å². The fourth-order valence-electron chi connectivity index (χ4n) is 3.02. The van der Waals surface area contributed by atoms with Gasteiger partial charge in [0, 0.05) is 57.8 Å². The van der Waals surface area contributed by atoms with Gasteiger partial charge in [0.1, 0.15) is 0 Å². The van der Waals surface area contributed by atoms with Crippen molar-refractivity contribution in [2.45, 2.75) is 25.6 Å². The fourth-order valence-corrected chi connectivity index (χ4v) is 3.02. The monoisotopic (exact) mass is 293 g/mol. The summed E-state index contributed by atoms with van der Waals surface area (Å²) in [4.78, 5) is 14.2. The highest BCUT2D eigenvalue weighted by atomic mass is 16.3. The number of rotatable bonds is 5. The summed E-state index contributed by atoms with van der Waals surface area (Å²) in [7, 11) is 0. The van der Waals surface area contributed by atoms with Gasteiger partial charge in [0.15, 0.2) is 0 Å². The van der Waals surface area contributed by atoms with Crippen molar-refractivity contribution in [3.8, 4) is 0 Å².